The fourth-order valence-corrected chi connectivity index (χ4v) is 1.60. The molecule has 20 heavy (non-hydrogen) atoms. The Kier molecular flexibility index (Phi) is 6.49. The van der Waals surface area contributed by atoms with Crippen LogP contribution in [0.25, 0.3) is 0 Å². The molecule has 1 rings (SSSR count). The third kappa shape index (κ3) is 6.17. The minimum absolute atomic E-state index is 0.00418. The van der Waals surface area contributed by atoms with Crippen LogP contribution in [0.3, 0.4) is 0 Å². The monoisotopic (exact) mass is 280 g/mol. The summed E-state index contributed by atoms with van der Waals surface area (Å²) in [6.07, 6.45) is 2.02. The van der Waals surface area contributed by atoms with Crippen molar-refractivity contribution in [2.75, 3.05) is 13.2 Å². The van der Waals surface area contributed by atoms with E-state index in [1.165, 1.54) is 24.3 Å². The number of non-ortho nitro benzene ring substituents is 1. The minimum Gasteiger partial charge on any atom is -0.484 e. The second-order valence-corrected chi connectivity index (χ2v) is 4.93. The van der Waals surface area contributed by atoms with Gasteiger partial charge in [0.15, 0.2) is 6.61 Å². The number of carbonyl (C=O) groups excluding carboxylic acids is 1. The van der Waals surface area contributed by atoms with Crippen LogP contribution in [0.1, 0.15) is 26.7 Å². The molecule has 0 bridgehead atoms. The fraction of sp³-hybridized carbons (Fsp3) is 0.500. The number of benzene rings is 1. The summed E-state index contributed by atoms with van der Waals surface area (Å²) in [6.45, 7) is 4.83. The molecule has 0 heterocycles. The van der Waals surface area contributed by atoms with Crippen molar-refractivity contribution in [3.05, 3.63) is 34.4 Å². The van der Waals surface area contributed by atoms with E-state index >= 15 is 0 Å². The number of rotatable bonds is 8. The summed E-state index contributed by atoms with van der Waals surface area (Å²) in [5, 5.41) is 13.2. The average molecular weight is 280 g/mol. The molecule has 6 nitrogen and oxygen atoms in total. The second kappa shape index (κ2) is 8.14. The van der Waals surface area contributed by atoms with Crippen LogP contribution in [0, 0.1) is 16.0 Å². The van der Waals surface area contributed by atoms with E-state index in [1.807, 2.05) is 0 Å². The number of amides is 1. The van der Waals surface area contributed by atoms with Crippen molar-refractivity contribution in [3.63, 3.8) is 0 Å². The minimum atomic E-state index is -0.481. The summed E-state index contributed by atoms with van der Waals surface area (Å²) in [5.41, 5.74) is -0.00418. The lowest BCUT2D eigenvalue weighted by molar-refractivity contribution is -0.384. The zero-order valence-corrected chi connectivity index (χ0v) is 11.8. The Morgan fingerprint density at radius 2 is 2.00 bits per heavy atom. The van der Waals surface area contributed by atoms with Crippen LogP contribution in [0.15, 0.2) is 24.3 Å². The highest BCUT2D eigenvalue weighted by Crippen LogP contribution is 2.16. The number of nitrogens with zero attached hydrogens (tertiary/aromatic N) is 1. The van der Waals surface area contributed by atoms with Gasteiger partial charge in [0.1, 0.15) is 5.75 Å². The summed E-state index contributed by atoms with van der Waals surface area (Å²) in [7, 11) is 0. The Labute approximate surface area is 118 Å². The van der Waals surface area contributed by atoms with Crippen molar-refractivity contribution in [1.82, 2.24) is 5.32 Å². The standard InChI is InChI=1S/C14H20N2O4/c1-11(2)4-3-9-15-14(17)10-20-13-7-5-12(6-8-13)16(18)19/h5-8,11H,3-4,9-10H2,1-2H3,(H,15,17). The number of ether oxygens (including phenoxy) is 1. The molecular weight excluding hydrogens is 260 g/mol. The molecule has 0 aromatic heterocycles. The van der Waals surface area contributed by atoms with Gasteiger partial charge in [-0.05, 0) is 30.9 Å². The van der Waals surface area contributed by atoms with E-state index in [0.717, 1.165) is 12.8 Å². The van der Waals surface area contributed by atoms with E-state index in [1.54, 1.807) is 0 Å². The largest absolute Gasteiger partial charge is 0.484 e. The Hall–Kier alpha value is -2.11. The highest BCUT2D eigenvalue weighted by molar-refractivity contribution is 5.77. The van der Waals surface area contributed by atoms with Gasteiger partial charge < -0.3 is 10.1 Å². The lowest BCUT2D eigenvalue weighted by atomic mass is 10.1. The van der Waals surface area contributed by atoms with Crippen LogP contribution in [-0.4, -0.2) is 24.0 Å². The number of carbonyl (C=O) groups is 1. The molecule has 0 unspecified atom stereocenters. The van der Waals surface area contributed by atoms with Crippen molar-refractivity contribution in [1.29, 1.82) is 0 Å². The molecule has 0 fully saturated rings. The first-order valence-corrected chi connectivity index (χ1v) is 6.63. The summed E-state index contributed by atoms with van der Waals surface area (Å²) in [5.74, 6) is 0.878. The molecule has 0 aliphatic carbocycles. The van der Waals surface area contributed by atoms with Gasteiger partial charge in [-0.1, -0.05) is 13.8 Å². The van der Waals surface area contributed by atoms with Crippen molar-refractivity contribution < 1.29 is 14.5 Å². The number of nitro benzene ring substituents is 1. The summed E-state index contributed by atoms with van der Waals surface area (Å²) in [4.78, 5) is 21.5. The van der Waals surface area contributed by atoms with Crippen molar-refractivity contribution >= 4 is 11.6 Å². The number of nitrogens with one attached hydrogen (secondary N) is 1. The average Bonchev–Trinajstić information content (AvgIpc) is 2.41. The highest BCUT2D eigenvalue weighted by atomic mass is 16.6. The number of hydrogen-bond donors (Lipinski definition) is 1. The molecule has 110 valence electrons. The molecule has 1 N–H and O–H groups in total. The van der Waals surface area contributed by atoms with Crippen LogP contribution >= 0.6 is 0 Å². The molecular formula is C14H20N2O4. The maximum atomic E-state index is 11.5. The Morgan fingerprint density at radius 1 is 1.35 bits per heavy atom. The molecule has 0 saturated carbocycles. The van der Waals surface area contributed by atoms with Gasteiger partial charge in [-0.15, -0.1) is 0 Å². The Bertz CT molecular complexity index is 443. The zero-order chi connectivity index (χ0) is 15.0. The third-order valence-electron chi connectivity index (χ3n) is 2.70. The fourth-order valence-electron chi connectivity index (χ4n) is 1.60. The van der Waals surface area contributed by atoms with E-state index in [-0.39, 0.29) is 18.2 Å². The van der Waals surface area contributed by atoms with Crippen LogP contribution < -0.4 is 10.1 Å². The predicted octanol–water partition coefficient (Wildman–Crippen LogP) is 2.53. The number of hydrogen-bond acceptors (Lipinski definition) is 4. The lowest BCUT2D eigenvalue weighted by Crippen LogP contribution is -2.29. The molecule has 0 saturated heterocycles. The SMILES string of the molecule is CC(C)CCCNC(=O)COc1ccc([N+](=O)[O-])cc1. The molecule has 0 aliphatic heterocycles. The van der Waals surface area contributed by atoms with Crippen LogP contribution in [0.2, 0.25) is 0 Å². The maximum absolute atomic E-state index is 11.5. The first-order valence-electron chi connectivity index (χ1n) is 6.63. The van der Waals surface area contributed by atoms with E-state index < -0.39 is 4.92 Å². The van der Waals surface area contributed by atoms with Crippen molar-refractivity contribution in [2.24, 2.45) is 5.92 Å². The van der Waals surface area contributed by atoms with Gasteiger partial charge in [-0.25, -0.2) is 0 Å². The first-order chi connectivity index (χ1) is 9.49. The Morgan fingerprint density at radius 3 is 2.55 bits per heavy atom. The molecule has 0 radical (unpaired) electrons. The van der Waals surface area contributed by atoms with Gasteiger partial charge in [0.2, 0.25) is 0 Å². The van der Waals surface area contributed by atoms with Crippen LogP contribution in [0.5, 0.6) is 5.75 Å². The third-order valence-corrected chi connectivity index (χ3v) is 2.70. The summed E-state index contributed by atoms with van der Waals surface area (Å²) < 4.78 is 5.25. The van der Waals surface area contributed by atoms with Gasteiger partial charge in [-0.3, -0.25) is 14.9 Å². The van der Waals surface area contributed by atoms with E-state index in [0.29, 0.717) is 18.2 Å². The lowest BCUT2D eigenvalue weighted by Gasteiger charge is -2.08. The van der Waals surface area contributed by atoms with E-state index in [4.69, 9.17) is 4.74 Å². The van der Waals surface area contributed by atoms with Gasteiger partial charge >= 0.3 is 0 Å². The molecule has 0 spiro atoms. The maximum Gasteiger partial charge on any atom is 0.269 e. The zero-order valence-electron chi connectivity index (χ0n) is 11.8. The van der Waals surface area contributed by atoms with Gasteiger partial charge in [0.05, 0.1) is 4.92 Å². The first kappa shape index (κ1) is 15.9. The smallest absolute Gasteiger partial charge is 0.269 e. The molecule has 0 atom stereocenters. The van der Waals surface area contributed by atoms with E-state index in [9.17, 15) is 14.9 Å². The van der Waals surface area contributed by atoms with E-state index in [2.05, 4.69) is 19.2 Å². The second-order valence-electron chi connectivity index (χ2n) is 4.93. The molecule has 1 amide bonds. The molecule has 0 aliphatic rings. The molecule has 1 aromatic rings. The summed E-state index contributed by atoms with van der Waals surface area (Å²) in [6, 6.07) is 5.64. The van der Waals surface area contributed by atoms with Crippen molar-refractivity contribution in [3.8, 4) is 5.75 Å². The quantitative estimate of drug-likeness (QED) is 0.450. The summed E-state index contributed by atoms with van der Waals surface area (Å²) >= 11 is 0. The van der Waals surface area contributed by atoms with Crippen LogP contribution in [-0.2, 0) is 4.79 Å². The molecule has 1 aromatic carbocycles. The molecule has 6 heteroatoms. The topological polar surface area (TPSA) is 81.5 Å². The normalized spacial score (nSPS) is 10.3. The van der Waals surface area contributed by atoms with Gasteiger partial charge in [-0.2, -0.15) is 0 Å². The van der Waals surface area contributed by atoms with Gasteiger partial charge in [0.25, 0.3) is 11.6 Å². The Balaban J connectivity index is 2.25. The van der Waals surface area contributed by atoms with Crippen molar-refractivity contribution in [2.45, 2.75) is 26.7 Å². The predicted molar refractivity (Wildman–Crippen MR) is 75.7 cm³/mol. The van der Waals surface area contributed by atoms with Crippen LogP contribution in [0.4, 0.5) is 5.69 Å². The highest BCUT2D eigenvalue weighted by Gasteiger charge is 2.06. The van der Waals surface area contributed by atoms with Gasteiger partial charge in [0, 0.05) is 18.7 Å². The number of nitro groups is 1.